The quantitative estimate of drug-likeness (QED) is 0.836. The van der Waals surface area contributed by atoms with Crippen LogP contribution < -0.4 is 5.32 Å². The SMILES string of the molecule is CNCc1ccc(CN(C)CC2CCCCC2)c(Br)c1. The fraction of sp³-hybridized carbons (Fsp3) is 0.647. The molecule has 2 rings (SSSR count). The molecule has 0 heterocycles. The van der Waals surface area contributed by atoms with Crippen molar-refractivity contribution in [1.29, 1.82) is 0 Å². The van der Waals surface area contributed by atoms with E-state index in [-0.39, 0.29) is 0 Å². The van der Waals surface area contributed by atoms with Crippen LogP contribution in [0.15, 0.2) is 22.7 Å². The van der Waals surface area contributed by atoms with Crippen molar-refractivity contribution < 1.29 is 0 Å². The van der Waals surface area contributed by atoms with Crippen LogP contribution in [0.25, 0.3) is 0 Å². The standard InChI is InChI=1S/C17H27BrN2/c1-19-11-15-8-9-16(17(18)10-15)13-20(2)12-14-6-4-3-5-7-14/h8-10,14,19H,3-7,11-13H2,1-2H3. The predicted molar refractivity (Wildman–Crippen MR) is 89.8 cm³/mol. The van der Waals surface area contributed by atoms with Gasteiger partial charge in [-0.05, 0) is 50.0 Å². The van der Waals surface area contributed by atoms with E-state index in [0.717, 1.165) is 19.0 Å². The lowest BCUT2D eigenvalue weighted by atomic mass is 9.89. The third-order valence-corrected chi connectivity index (χ3v) is 4.97. The topological polar surface area (TPSA) is 15.3 Å². The third kappa shape index (κ3) is 4.87. The molecule has 0 aromatic heterocycles. The second-order valence-corrected chi connectivity index (χ2v) is 7.01. The normalized spacial score (nSPS) is 16.8. The van der Waals surface area contributed by atoms with Crippen LogP contribution in [0.3, 0.4) is 0 Å². The van der Waals surface area contributed by atoms with E-state index >= 15 is 0 Å². The molecule has 1 aliphatic rings. The lowest BCUT2D eigenvalue weighted by Gasteiger charge is -2.27. The zero-order chi connectivity index (χ0) is 14.4. The molecule has 112 valence electrons. The Hall–Kier alpha value is -0.380. The van der Waals surface area contributed by atoms with Gasteiger partial charge in [0.05, 0.1) is 0 Å². The number of hydrogen-bond acceptors (Lipinski definition) is 2. The monoisotopic (exact) mass is 338 g/mol. The first-order valence-electron chi connectivity index (χ1n) is 7.79. The molecule has 0 aliphatic heterocycles. The van der Waals surface area contributed by atoms with Crippen LogP contribution in [-0.2, 0) is 13.1 Å². The summed E-state index contributed by atoms with van der Waals surface area (Å²) in [5.41, 5.74) is 2.72. The molecular weight excluding hydrogens is 312 g/mol. The lowest BCUT2D eigenvalue weighted by molar-refractivity contribution is 0.228. The summed E-state index contributed by atoms with van der Waals surface area (Å²) in [5, 5.41) is 3.19. The van der Waals surface area contributed by atoms with Gasteiger partial charge in [0.25, 0.3) is 0 Å². The van der Waals surface area contributed by atoms with Crippen LogP contribution in [0.2, 0.25) is 0 Å². The Kier molecular flexibility index (Phi) is 6.53. The molecule has 0 spiro atoms. The molecule has 1 saturated carbocycles. The molecule has 0 radical (unpaired) electrons. The van der Waals surface area contributed by atoms with Crippen molar-refractivity contribution in [3.8, 4) is 0 Å². The maximum Gasteiger partial charge on any atom is 0.0242 e. The average Bonchev–Trinajstić information content (AvgIpc) is 2.43. The highest BCUT2D eigenvalue weighted by molar-refractivity contribution is 9.10. The Morgan fingerprint density at radius 2 is 2.00 bits per heavy atom. The van der Waals surface area contributed by atoms with E-state index in [2.05, 4.69) is 51.4 Å². The van der Waals surface area contributed by atoms with Gasteiger partial charge in [-0.3, -0.25) is 0 Å². The van der Waals surface area contributed by atoms with Gasteiger partial charge in [0.2, 0.25) is 0 Å². The van der Waals surface area contributed by atoms with Gasteiger partial charge in [-0.2, -0.15) is 0 Å². The first kappa shape index (κ1) is 16.0. The molecule has 1 aliphatic carbocycles. The first-order valence-corrected chi connectivity index (χ1v) is 8.59. The second kappa shape index (κ2) is 8.16. The minimum Gasteiger partial charge on any atom is -0.316 e. The van der Waals surface area contributed by atoms with Gasteiger partial charge >= 0.3 is 0 Å². The van der Waals surface area contributed by atoms with E-state index < -0.39 is 0 Å². The average molecular weight is 339 g/mol. The summed E-state index contributed by atoms with van der Waals surface area (Å²) in [6, 6.07) is 6.72. The van der Waals surface area contributed by atoms with E-state index in [1.165, 1.54) is 54.2 Å². The Bertz CT molecular complexity index is 413. The van der Waals surface area contributed by atoms with Crippen molar-refractivity contribution in [2.24, 2.45) is 5.92 Å². The summed E-state index contributed by atoms with van der Waals surface area (Å²) < 4.78 is 1.24. The highest BCUT2D eigenvalue weighted by Crippen LogP contribution is 2.25. The van der Waals surface area contributed by atoms with Crippen LogP contribution in [0.1, 0.15) is 43.2 Å². The molecule has 1 aromatic carbocycles. The van der Waals surface area contributed by atoms with Gasteiger partial charge in [0, 0.05) is 24.1 Å². The summed E-state index contributed by atoms with van der Waals surface area (Å²) >= 11 is 3.72. The summed E-state index contributed by atoms with van der Waals surface area (Å²) in [4.78, 5) is 2.48. The summed E-state index contributed by atoms with van der Waals surface area (Å²) in [5.74, 6) is 0.913. The molecular formula is C17H27BrN2. The van der Waals surface area contributed by atoms with Gasteiger partial charge in [-0.25, -0.2) is 0 Å². The van der Waals surface area contributed by atoms with Gasteiger partial charge in [-0.15, -0.1) is 0 Å². The molecule has 1 aromatic rings. The Morgan fingerprint density at radius 1 is 1.25 bits per heavy atom. The summed E-state index contributed by atoms with van der Waals surface area (Å²) in [6.45, 7) is 3.21. The van der Waals surface area contributed by atoms with E-state index in [1.807, 2.05) is 7.05 Å². The Morgan fingerprint density at radius 3 is 2.65 bits per heavy atom. The van der Waals surface area contributed by atoms with Crippen molar-refractivity contribution in [1.82, 2.24) is 10.2 Å². The van der Waals surface area contributed by atoms with Crippen molar-refractivity contribution in [2.45, 2.75) is 45.2 Å². The minimum absolute atomic E-state index is 0.913. The molecule has 1 fully saturated rings. The van der Waals surface area contributed by atoms with Crippen molar-refractivity contribution in [3.05, 3.63) is 33.8 Å². The minimum atomic E-state index is 0.913. The van der Waals surface area contributed by atoms with Gasteiger partial charge in [0.15, 0.2) is 0 Å². The number of nitrogens with zero attached hydrogens (tertiary/aromatic N) is 1. The van der Waals surface area contributed by atoms with Crippen molar-refractivity contribution in [2.75, 3.05) is 20.6 Å². The summed E-state index contributed by atoms with van der Waals surface area (Å²) in [6.07, 6.45) is 7.15. The van der Waals surface area contributed by atoms with Crippen LogP contribution in [0, 0.1) is 5.92 Å². The maximum atomic E-state index is 3.72. The number of benzene rings is 1. The Balaban J connectivity index is 1.88. The van der Waals surface area contributed by atoms with Crippen LogP contribution in [0.5, 0.6) is 0 Å². The first-order chi connectivity index (χ1) is 9.69. The van der Waals surface area contributed by atoms with E-state index in [0.29, 0.717) is 0 Å². The number of halogens is 1. The molecule has 0 unspecified atom stereocenters. The number of nitrogens with one attached hydrogen (secondary N) is 1. The van der Waals surface area contributed by atoms with Crippen LogP contribution in [0.4, 0.5) is 0 Å². The third-order valence-electron chi connectivity index (χ3n) is 4.23. The zero-order valence-electron chi connectivity index (χ0n) is 12.8. The van der Waals surface area contributed by atoms with Gasteiger partial charge in [-0.1, -0.05) is 47.3 Å². The van der Waals surface area contributed by atoms with E-state index in [4.69, 9.17) is 0 Å². The molecule has 0 bridgehead atoms. The van der Waals surface area contributed by atoms with Crippen LogP contribution in [-0.4, -0.2) is 25.5 Å². The highest BCUT2D eigenvalue weighted by atomic mass is 79.9. The molecule has 1 N–H and O–H groups in total. The second-order valence-electron chi connectivity index (χ2n) is 6.16. The molecule has 0 amide bonds. The fourth-order valence-corrected chi connectivity index (χ4v) is 3.75. The molecule has 0 saturated heterocycles. The number of rotatable bonds is 6. The fourth-order valence-electron chi connectivity index (χ4n) is 3.20. The zero-order valence-corrected chi connectivity index (χ0v) is 14.4. The maximum absolute atomic E-state index is 3.72. The highest BCUT2D eigenvalue weighted by Gasteiger charge is 2.15. The molecule has 20 heavy (non-hydrogen) atoms. The predicted octanol–water partition coefficient (Wildman–Crippen LogP) is 4.18. The largest absolute Gasteiger partial charge is 0.316 e. The summed E-state index contributed by atoms with van der Waals surface area (Å²) in [7, 11) is 4.24. The van der Waals surface area contributed by atoms with Crippen molar-refractivity contribution >= 4 is 15.9 Å². The van der Waals surface area contributed by atoms with Gasteiger partial charge < -0.3 is 10.2 Å². The Labute approximate surface area is 132 Å². The van der Waals surface area contributed by atoms with E-state index in [1.54, 1.807) is 0 Å². The molecule has 0 atom stereocenters. The van der Waals surface area contributed by atoms with Crippen molar-refractivity contribution in [3.63, 3.8) is 0 Å². The molecule has 2 nitrogen and oxygen atoms in total. The molecule has 3 heteroatoms. The smallest absolute Gasteiger partial charge is 0.0242 e. The van der Waals surface area contributed by atoms with Gasteiger partial charge in [0.1, 0.15) is 0 Å². The van der Waals surface area contributed by atoms with Crippen LogP contribution >= 0.6 is 15.9 Å². The number of hydrogen-bond donors (Lipinski definition) is 1. The van der Waals surface area contributed by atoms with E-state index in [9.17, 15) is 0 Å². The lowest BCUT2D eigenvalue weighted by Crippen LogP contribution is -2.26.